The first-order valence-corrected chi connectivity index (χ1v) is 7.10. The molecule has 0 aliphatic carbocycles. The zero-order valence-electron chi connectivity index (χ0n) is 12.4. The van der Waals surface area contributed by atoms with Gasteiger partial charge in [0.1, 0.15) is 5.69 Å². The quantitative estimate of drug-likeness (QED) is 0.535. The molecule has 0 saturated carbocycles. The maximum atomic E-state index is 11.2. The Morgan fingerprint density at radius 1 is 1.45 bits per heavy atom. The zero-order chi connectivity index (χ0) is 15.1. The summed E-state index contributed by atoms with van der Waals surface area (Å²) < 4.78 is 1.53. The lowest BCUT2D eigenvalue weighted by Crippen LogP contribution is -2.17. The van der Waals surface area contributed by atoms with E-state index >= 15 is 0 Å². The monoisotopic (exact) mass is 284 g/mol. The van der Waals surface area contributed by atoms with Gasteiger partial charge >= 0.3 is 5.69 Å². The molecule has 7 nitrogen and oxygen atoms in total. The summed E-state index contributed by atoms with van der Waals surface area (Å²) in [5.74, 6) is 0.760. The van der Waals surface area contributed by atoms with Gasteiger partial charge in [0.15, 0.2) is 0 Å². The average molecular weight is 284 g/mol. The highest BCUT2D eigenvalue weighted by Crippen LogP contribution is 2.28. The minimum atomic E-state index is -0.380. The Hall–Kier alpha value is -1.63. The van der Waals surface area contributed by atoms with Gasteiger partial charge in [0.05, 0.1) is 4.92 Å². The van der Waals surface area contributed by atoms with Crippen molar-refractivity contribution in [2.24, 2.45) is 13.0 Å². The van der Waals surface area contributed by atoms with E-state index in [1.54, 1.807) is 7.05 Å². The topological polar surface area (TPSA) is 93.2 Å². The summed E-state index contributed by atoms with van der Waals surface area (Å²) in [5, 5.41) is 27.5. The first-order chi connectivity index (χ1) is 9.54. The van der Waals surface area contributed by atoms with Crippen molar-refractivity contribution >= 4 is 11.5 Å². The van der Waals surface area contributed by atoms with Gasteiger partial charge in [-0.25, -0.2) is 4.68 Å². The molecule has 1 aromatic heterocycles. The molecule has 0 aliphatic rings. The van der Waals surface area contributed by atoms with Crippen molar-refractivity contribution in [1.82, 2.24) is 9.78 Å². The minimum Gasteiger partial charge on any atom is -0.396 e. The first-order valence-electron chi connectivity index (χ1n) is 7.10. The van der Waals surface area contributed by atoms with Crippen molar-refractivity contribution in [3.05, 3.63) is 15.8 Å². The molecule has 0 radical (unpaired) electrons. The second-order valence-corrected chi connectivity index (χ2v) is 4.93. The third kappa shape index (κ3) is 3.93. The van der Waals surface area contributed by atoms with Crippen molar-refractivity contribution in [3.8, 4) is 0 Å². The fraction of sp³-hybridized carbons (Fsp3) is 0.769. The van der Waals surface area contributed by atoms with Gasteiger partial charge in [0.25, 0.3) is 0 Å². The van der Waals surface area contributed by atoms with Crippen molar-refractivity contribution < 1.29 is 10.0 Å². The van der Waals surface area contributed by atoms with E-state index in [1.807, 2.05) is 6.92 Å². The molecule has 1 atom stereocenters. The van der Waals surface area contributed by atoms with E-state index in [0.29, 0.717) is 36.8 Å². The number of nitrogens with zero attached hydrogens (tertiary/aromatic N) is 3. The number of nitro groups is 1. The predicted octanol–water partition coefficient (Wildman–Crippen LogP) is 2.10. The molecule has 0 amide bonds. The summed E-state index contributed by atoms with van der Waals surface area (Å²) in [6.45, 7) is 4.69. The van der Waals surface area contributed by atoms with E-state index in [1.165, 1.54) is 4.68 Å². The number of aliphatic hydroxyl groups is 1. The average Bonchev–Trinajstić information content (AvgIpc) is 2.73. The summed E-state index contributed by atoms with van der Waals surface area (Å²) in [4.78, 5) is 10.8. The molecule has 0 aliphatic heterocycles. The Morgan fingerprint density at radius 2 is 2.15 bits per heavy atom. The highest BCUT2D eigenvalue weighted by molar-refractivity contribution is 5.59. The van der Waals surface area contributed by atoms with Gasteiger partial charge < -0.3 is 10.4 Å². The number of aryl methyl sites for hydroxylation is 2. The first kappa shape index (κ1) is 16.4. The van der Waals surface area contributed by atoms with Crippen LogP contribution in [0.3, 0.4) is 0 Å². The molecule has 2 N–H and O–H groups in total. The summed E-state index contributed by atoms with van der Waals surface area (Å²) in [6, 6.07) is 0. The standard InChI is InChI=1S/C13H24N4O3/c1-4-6-10(7-8-18)9-14-13-12(17(19)20)11(5-2)15-16(13)3/h10,14,18H,4-9H2,1-3H3. The zero-order valence-corrected chi connectivity index (χ0v) is 12.4. The minimum absolute atomic E-state index is 0.0641. The van der Waals surface area contributed by atoms with Gasteiger partial charge in [-0.2, -0.15) is 5.10 Å². The van der Waals surface area contributed by atoms with Crippen molar-refractivity contribution in [3.63, 3.8) is 0 Å². The van der Waals surface area contributed by atoms with E-state index in [0.717, 1.165) is 12.8 Å². The number of hydrogen-bond donors (Lipinski definition) is 2. The molecule has 114 valence electrons. The van der Waals surface area contributed by atoms with Crippen LogP contribution in [0.2, 0.25) is 0 Å². The van der Waals surface area contributed by atoms with Gasteiger partial charge in [0.2, 0.25) is 5.82 Å². The predicted molar refractivity (Wildman–Crippen MR) is 77.8 cm³/mol. The lowest BCUT2D eigenvalue weighted by molar-refractivity contribution is -0.384. The maximum Gasteiger partial charge on any atom is 0.333 e. The van der Waals surface area contributed by atoms with Gasteiger partial charge in [-0.15, -0.1) is 0 Å². The van der Waals surface area contributed by atoms with Crippen LogP contribution < -0.4 is 5.32 Å². The number of aliphatic hydroxyl groups excluding tert-OH is 1. The Bertz CT molecular complexity index is 439. The molecule has 1 unspecified atom stereocenters. The van der Waals surface area contributed by atoms with Crippen LogP contribution in [0.15, 0.2) is 0 Å². The molecule has 0 fully saturated rings. The molecule has 7 heteroatoms. The molecular formula is C13H24N4O3. The number of hydrogen-bond acceptors (Lipinski definition) is 5. The molecule has 20 heavy (non-hydrogen) atoms. The second-order valence-electron chi connectivity index (χ2n) is 4.93. The molecule has 1 heterocycles. The van der Waals surface area contributed by atoms with Crippen LogP contribution in [-0.4, -0.2) is 33.0 Å². The number of aromatic nitrogens is 2. The second kappa shape index (κ2) is 7.84. The molecule has 1 rings (SSSR count). The van der Waals surface area contributed by atoms with E-state index in [4.69, 9.17) is 5.11 Å². The van der Waals surface area contributed by atoms with E-state index in [9.17, 15) is 10.1 Å². The highest BCUT2D eigenvalue weighted by atomic mass is 16.6. The van der Waals surface area contributed by atoms with Gasteiger partial charge in [0, 0.05) is 20.2 Å². The molecular weight excluding hydrogens is 260 g/mol. The van der Waals surface area contributed by atoms with Crippen LogP contribution in [0.1, 0.15) is 38.8 Å². The lowest BCUT2D eigenvalue weighted by Gasteiger charge is -2.16. The van der Waals surface area contributed by atoms with Gasteiger partial charge in [-0.1, -0.05) is 20.3 Å². The summed E-state index contributed by atoms with van der Waals surface area (Å²) in [7, 11) is 1.70. The molecule has 0 aromatic carbocycles. The molecule has 0 spiro atoms. The Balaban J connectivity index is 2.85. The fourth-order valence-electron chi connectivity index (χ4n) is 2.38. The van der Waals surface area contributed by atoms with Crippen LogP contribution in [0.25, 0.3) is 0 Å². The van der Waals surface area contributed by atoms with Crippen molar-refractivity contribution in [2.75, 3.05) is 18.5 Å². The lowest BCUT2D eigenvalue weighted by atomic mass is 10.0. The largest absolute Gasteiger partial charge is 0.396 e. The van der Waals surface area contributed by atoms with E-state index < -0.39 is 0 Å². The van der Waals surface area contributed by atoms with Crippen LogP contribution in [0.5, 0.6) is 0 Å². The molecule has 1 aromatic rings. The SMILES string of the molecule is CCCC(CCO)CNc1c([N+](=O)[O-])c(CC)nn1C. The third-order valence-corrected chi connectivity index (χ3v) is 3.40. The van der Waals surface area contributed by atoms with Crippen LogP contribution in [0.4, 0.5) is 11.5 Å². The highest BCUT2D eigenvalue weighted by Gasteiger charge is 2.25. The number of anilines is 1. The fourth-order valence-corrected chi connectivity index (χ4v) is 2.38. The normalized spacial score (nSPS) is 12.4. The van der Waals surface area contributed by atoms with Crippen LogP contribution in [-0.2, 0) is 13.5 Å². The Labute approximate surface area is 119 Å². The maximum absolute atomic E-state index is 11.2. The van der Waals surface area contributed by atoms with Crippen molar-refractivity contribution in [2.45, 2.75) is 39.5 Å². The molecule has 0 bridgehead atoms. The summed E-state index contributed by atoms with van der Waals surface area (Å²) in [6.07, 6.45) is 3.24. The van der Waals surface area contributed by atoms with Crippen LogP contribution >= 0.6 is 0 Å². The summed E-state index contributed by atoms with van der Waals surface area (Å²) in [5.41, 5.74) is 0.559. The van der Waals surface area contributed by atoms with Gasteiger partial charge in [-0.05, 0) is 25.2 Å². The smallest absolute Gasteiger partial charge is 0.333 e. The number of rotatable bonds is 9. The van der Waals surface area contributed by atoms with E-state index in [2.05, 4.69) is 17.3 Å². The van der Waals surface area contributed by atoms with Gasteiger partial charge in [-0.3, -0.25) is 10.1 Å². The Morgan fingerprint density at radius 3 is 2.65 bits per heavy atom. The summed E-state index contributed by atoms with van der Waals surface area (Å²) >= 11 is 0. The molecule has 0 saturated heterocycles. The third-order valence-electron chi connectivity index (χ3n) is 3.40. The van der Waals surface area contributed by atoms with E-state index in [-0.39, 0.29) is 17.2 Å². The van der Waals surface area contributed by atoms with Crippen LogP contribution in [0, 0.1) is 16.0 Å². The Kier molecular flexibility index (Phi) is 6.44. The van der Waals surface area contributed by atoms with Crippen molar-refractivity contribution in [1.29, 1.82) is 0 Å². The number of nitrogens with one attached hydrogen (secondary N) is 1.